The second-order valence-corrected chi connectivity index (χ2v) is 7.96. The molecule has 1 aromatic heterocycles. The molecule has 2 unspecified atom stereocenters. The SMILES string of the molecule is Cc1nn(C)c(CC(N)C2CCCCS2(=O)=O)c1Cl. The maximum atomic E-state index is 12.1. The van der Waals surface area contributed by atoms with Gasteiger partial charge in [0.2, 0.25) is 0 Å². The Hall–Kier alpha value is -0.590. The summed E-state index contributed by atoms with van der Waals surface area (Å²) in [7, 11) is -1.26. The molecule has 2 N–H and O–H groups in total. The molecule has 1 aliphatic heterocycles. The van der Waals surface area contributed by atoms with Crippen LogP contribution in [0.15, 0.2) is 0 Å². The third-order valence-corrected chi connectivity index (χ3v) is 6.65. The van der Waals surface area contributed by atoms with E-state index < -0.39 is 21.1 Å². The zero-order chi connectivity index (χ0) is 14.2. The van der Waals surface area contributed by atoms with Crippen molar-refractivity contribution >= 4 is 21.4 Å². The molecular formula is C12H20ClN3O2S. The molecule has 2 heterocycles. The summed E-state index contributed by atoms with van der Waals surface area (Å²) in [6.07, 6.45) is 2.77. The van der Waals surface area contributed by atoms with E-state index >= 15 is 0 Å². The maximum Gasteiger partial charge on any atom is 0.154 e. The van der Waals surface area contributed by atoms with Crippen molar-refractivity contribution in [2.45, 2.75) is 43.9 Å². The van der Waals surface area contributed by atoms with E-state index in [0.717, 1.165) is 24.2 Å². The topological polar surface area (TPSA) is 78.0 Å². The first-order valence-corrected chi connectivity index (χ1v) is 8.57. The van der Waals surface area contributed by atoms with Crippen LogP contribution in [0, 0.1) is 6.92 Å². The van der Waals surface area contributed by atoms with Gasteiger partial charge in [-0.15, -0.1) is 0 Å². The lowest BCUT2D eigenvalue weighted by Crippen LogP contribution is -2.45. The van der Waals surface area contributed by atoms with Crippen LogP contribution < -0.4 is 5.73 Å². The van der Waals surface area contributed by atoms with Crippen molar-refractivity contribution in [2.75, 3.05) is 5.75 Å². The molecule has 1 aromatic rings. The van der Waals surface area contributed by atoms with Gasteiger partial charge in [-0.1, -0.05) is 18.0 Å². The number of halogens is 1. The molecule has 19 heavy (non-hydrogen) atoms. The molecular weight excluding hydrogens is 286 g/mol. The zero-order valence-corrected chi connectivity index (χ0v) is 12.8. The molecule has 7 heteroatoms. The lowest BCUT2D eigenvalue weighted by molar-refractivity contribution is 0.488. The highest BCUT2D eigenvalue weighted by molar-refractivity contribution is 7.92. The summed E-state index contributed by atoms with van der Waals surface area (Å²) in [4.78, 5) is 0. The molecule has 0 radical (unpaired) electrons. The Bertz CT molecular complexity index is 568. The van der Waals surface area contributed by atoms with E-state index in [4.69, 9.17) is 17.3 Å². The van der Waals surface area contributed by atoms with Crippen molar-refractivity contribution in [2.24, 2.45) is 12.8 Å². The summed E-state index contributed by atoms with van der Waals surface area (Å²) >= 11 is 6.18. The van der Waals surface area contributed by atoms with Crippen molar-refractivity contribution in [3.8, 4) is 0 Å². The molecule has 0 aromatic carbocycles. The van der Waals surface area contributed by atoms with Gasteiger partial charge in [-0.3, -0.25) is 4.68 Å². The quantitative estimate of drug-likeness (QED) is 0.911. The minimum atomic E-state index is -3.06. The number of nitrogens with zero attached hydrogens (tertiary/aromatic N) is 2. The van der Waals surface area contributed by atoms with Gasteiger partial charge in [0.25, 0.3) is 0 Å². The van der Waals surface area contributed by atoms with E-state index in [-0.39, 0.29) is 5.75 Å². The predicted molar refractivity (Wildman–Crippen MR) is 76.1 cm³/mol. The summed E-state index contributed by atoms with van der Waals surface area (Å²) in [6, 6.07) is -0.419. The second-order valence-electron chi connectivity index (χ2n) is 5.24. The third kappa shape index (κ3) is 2.95. The summed E-state index contributed by atoms with van der Waals surface area (Å²) < 4.78 is 25.8. The molecule has 2 atom stereocenters. The van der Waals surface area contributed by atoms with E-state index in [0.29, 0.717) is 17.9 Å². The van der Waals surface area contributed by atoms with Crippen molar-refractivity contribution in [3.63, 3.8) is 0 Å². The van der Waals surface area contributed by atoms with Crippen LogP contribution in [0.25, 0.3) is 0 Å². The van der Waals surface area contributed by atoms with E-state index in [9.17, 15) is 8.42 Å². The van der Waals surface area contributed by atoms with Crippen LogP contribution in [0.4, 0.5) is 0 Å². The number of aryl methyl sites for hydroxylation is 2. The van der Waals surface area contributed by atoms with E-state index in [1.807, 2.05) is 6.92 Å². The van der Waals surface area contributed by atoms with Gasteiger partial charge in [0.15, 0.2) is 9.84 Å². The molecule has 0 saturated carbocycles. The summed E-state index contributed by atoms with van der Waals surface area (Å²) in [5.74, 6) is 0.253. The normalized spacial score (nSPS) is 24.3. The third-order valence-electron chi connectivity index (χ3n) is 3.80. The average molecular weight is 306 g/mol. The second kappa shape index (κ2) is 5.42. The Kier molecular flexibility index (Phi) is 4.23. The highest BCUT2D eigenvalue weighted by Crippen LogP contribution is 2.26. The van der Waals surface area contributed by atoms with Crippen LogP contribution in [-0.4, -0.2) is 35.2 Å². The minimum Gasteiger partial charge on any atom is -0.326 e. The smallest absolute Gasteiger partial charge is 0.154 e. The van der Waals surface area contributed by atoms with Gasteiger partial charge in [-0.05, 0) is 19.8 Å². The van der Waals surface area contributed by atoms with Crippen LogP contribution in [0.1, 0.15) is 30.7 Å². The first kappa shape index (κ1) is 14.8. The average Bonchev–Trinajstić information content (AvgIpc) is 2.55. The van der Waals surface area contributed by atoms with E-state index in [2.05, 4.69) is 5.10 Å². The Morgan fingerprint density at radius 1 is 1.53 bits per heavy atom. The number of hydrogen-bond acceptors (Lipinski definition) is 4. The fourth-order valence-electron chi connectivity index (χ4n) is 2.72. The zero-order valence-electron chi connectivity index (χ0n) is 11.3. The first-order valence-electron chi connectivity index (χ1n) is 6.48. The summed E-state index contributed by atoms with van der Waals surface area (Å²) in [5, 5.41) is 4.36. The van der Waals surface area contributed by atoms with Crippen molar-refractivity contribution in [1.29, 1.82) is 0 Å². The molecule has 0 spiro atoms. The number of hydrogen-bond donors (Lipinski definition) is 1. The van der Waals surface area contributed by atoms with E-state index in [1.165, 1.54) is 0 Å². The number of nitrogens with two attached hydrogens (primary N) is 1. The van der Waals surface area contributed by atoms with Crippen LogP contribution >= 0.6 is 11.6 Å². The molecule has 1 aliphatic rings. The van der Waals surface area contributed by atoms with Gasteiger partial charge in [0, 0.05) is 19.5 Å². The number of aromatic nitrogens is 2. The van der Waals surface area contributed by atoms with Crippen LogP contribution in [0.5, 0.6) is 0 Å². The summed E-state index contributed by atoms with van der Waals surface area (Å²) in [6.45, 7) is 1.83. The monoisotopic (exact) mass is 305 g/mol. The Balaban J connectivity index is 2.19. The minimum absolute atomic E-state index is 0.253. The van der Waals surface area contributed by atoms with Crippen LogP contribution in [0.3, 0.4) is 0 Å². The summed E-state index contributed by atoms with van der Waals surface area (Å²) in [5.41, 5.74) is 7.68. The van der Waals surface area contributed by atoms with Gasteiger partial charge in [0.1, 0.15) is 0 Å². The largest absolute Gasteiger partial charge is 0.326 e. The molecule has 5 nitrogen and oxygen atoms in total. The molecule has 0 amide bonds. The Morgan fingerprint density at radius 3 is 2.74 bits per heavy atom. The highest BCUT2D eigenvalue weighted by atomic mass is 35.5. The maximum absolute atomic E-state index is 12.1. The van der Waals surface area contributed by atoms with Crippen molar-refractivity contribution in [1.82, 2.24) is 9.78 Å². The van der Waals surface area contributed by atoms with Crippen LogP contribution in [-0.2, 0) is 23.3 Å². The highest BCUT2D eigenvalue weighted by Gasteiger charge is 2.34. The lowest BCUT2D eigenvalue weighted by Gasteiger charge is -2.27. The lowest BCUT2D eigenvalue weighted by atomic mass is 10.0. The molecule has 2 rings (SSSR count). The van der Waals surface area contributed by atoms with E-state index in [1.54, 1.807) is 11.7 Å². The molecule has 1 saturated heterocycles. The van der Waals surface area contributed by atoms with Gasteiger partial charge < -0.3 is 5.73 Å². The molecule has 0 bridgehead atoms. The first-order chi connectivity index (χ1) is 8.83. The Labute approximate surface area is 119 Å². The van der Waals surface area contributed by atoms with Gasteiger partial charge in [-0.25, -0.2) is 8.42 Å². The van der Waals surface area contributed by atoms with Crippen molar-refractivity contribution in [3.05, 3.63) is 16.4 Å². The van der Waals surface area contributed by atoms with Crippen molar-refractivity contribution < 1.29 is 8.42 Å². The predicted octanol–water partition coefficient (Wildman–Crippen LogP) is 1.22. The fourth-order valence-corrected chi connectivity index (χ4v) is 5.02. The fraction of sp³-hybridized carbons (Fsp3) is 0.750. The number of rotatable bonds is 3. The standard InChI is InChI=1S/C12H20ClN3O2S/c1-8-12(13)10(16(2)15-8)7-9(14)11-5-3-4-6-19(11,17)18/h9,11H,3-7,14H2,1-2H3. The molecule has 108 valence electrons. The van der Waals surface area contributed by atoms with Crippen LogP contribution in [0.2, 0.25) is 5.02 Å². The van der Waals surface area contributed by atoms with Gasteiger partial charge >= 0.3 is 0 Å². The Morgan fingerprint density at radius 2 is 2.21 bits per heavy atom. The molecule has 0 aliphatic carbocycles. The number of sulfone groups is 1. The van der Waals surface area contributed by atoms with Gasteiger partial charge in [0.05, 0.1) is 27.4 Å². The molecule has 1 fully saturated rings. The van der Waals surface area contributed by atoms with Gasteiger partial charge in [-0.2, -0.15) is 5.10 Å².